The monoisotopic (exact) mass is 274 g/mol. The molecular formula is C12H19ClN2OS. The minimum Gasteiger partial charge on any atom is -0.378 e. The maximum absolute atomic E-state index is 5.93. The van der Waals surface area contributed by atoms with E-state index in [9.17, 15) is 0 Å². The largest absolute Gasteiger partial charge is 0.378 e. The molecule has 1 aromatic rings. The average Bonchev–Trinajstić information content (AvgIpc) is 2.67. The summed E-state index contributed by atoms with van der Waals surface area (Å²) in [5.41, 5.74) is 2.96. The van der Waals surface area contributed by atoms with E-state index in [2.05, 4.69) is 11.5 Å². The number of nitrogens with two attached hydrogens (primary N) is 1. The van der Waals surface area contributed by atoms with Crippen LogP contribution in [0.15, 0.2) is 12.1 Å². The third kappa shape index (κ3) is 3.20. The molecule has 1 atom stereocenters. The van der Waals surface area contributed by atoms with Crippen LogP contribution in [-0.4, -0.2) is 18.8 Å². The van der Waals surface area contributed by atoms with Crippen molar-refractivity contribution in [2.24, 2.45) is 5.84 Å². The van der Waals surface area contributed by atoms with Gasteiger partial charge in [-0.05, 0) is 44.2 Å². The van der Waals surface area contributed by atoms with Gasteiger partial charge in [-0.2, -0.15) is 0 Å². The zero-order valence-corrected chi connectivity index (χ0v) is 11.6. The number of hydrogen-bond acceptors (Lipinski definition) is 4. The fourth-order valence-electron chi connectivity index (χ4n) is 2.41. The predicted octanol–water partition coefficient (Wildman–Crippen LogP) is 2.74. The lowest BCUT2D eigenvalue weighted by molar-refractivity contribution is -0.0834. The zero-order chi connectivity index (χ0) is 12.3. The number of hydrogen-bond donors (Lipinski definition) is 2. The Hall–Kier alpha value is -0.130. The van der Waals surface area contributed by atoms with Crippen LogP contribution in [0.2, 0.25) is 4.34 Å². The standard InChI is InChI=1S/C12H19ClN2OS/c1-16-12(5-2-6-12)8-9(15-14)7-10-3-4-11(13)17-10/h3-4,9,15H,2,5-8,14H2,1H3. The number of ether oxygens (including phenoxy) is 1. The Morgan fingerprint density at radius 3 is 2.76 bits per heavy atom. The molecule has 1 unspecified atom stereocenters. The molecule has 1 aromatic heterocycles. The van der Waals surface area contributed by atoms with Crippen LogP contribution in [-0.2, 0) is 11.2 Å². The number of rotatable bonds is 6. The van der Waals surface area contributed by atoms with Crippen LogP contribution in [0.3, 0.4) is 0 Å². The van der Waals surface area contributed by atoms with E-state index < -0.39 is 0 Å². The molecule has 3 nitrogen and oxygen atoms in total. The Bertz CT molecular complexity index is 360. The Balaban J connectivity index is 1.92. The fraction of sp³-hybridized carbons (Fsp3) is 0.667. The normalized spacial score (nSPS) is 19.9. The molecule has 0 amide bonds. The summed E-state index contributed by atoms with van der Waals surface area (Å²) in [5, 5.41) is 0. The highest BCUT2D eigenvalue weighted by Gasteiger charge is 2.38. The van der Waals surface area contributed by atoms with Crippen LogP contribution < -0.4 is 11.3 Å². The molecule has 0 bridgehead atoms. The third-order valence-electron chi connectivity index (χ3n) is 3.63. The molecule has 1 heterocycles. The number of halogens is 1. The molecule has 3 N–H and O–H groups in total. The van der Waals surface area contributed by atoms with Gasteiger partial charge in [-0.3, -0.25) is 11.3 Å². The lowest BCUT2D eigenvalue weighted by atomic mass is 9.75. The molecule has 2 rings (SSSR count). The Labute approximate surface area is 111 Å². The van der Waals surface area contributed by atoms with Crippen molar-refractivity contribution >= 4 is 22.9 Å². The van der Waals surface area contributed by atoms with Crippen LogP contribution in [0, 0.1) is 0 Å². The van der Waals surface area contributed by atoms with Gasteiger partial charge in [0.25, 0.3) is 0 Å². The summed E-state index contributed by atoms with van der Waals surface area (Å²) >= 11 is 7.55. The first kappa shape index (κ1) is 13.3. The second kappa shape index (κ2) is 5.67. The average molecular weight is 275 g/mol. The quantitative estimate of drug-likeness (QED) is 0.619. The van der Waals surface area contributed by atoms with Crippen LogP contribution >= 0.6 is 22.9 Å². The van der Waals surface area contributed by atoms with Crippen LogP contribution in [0.25, 0.3) is 0 Å². The summed E-state index contributed by atoms with van der Waals surface area (Å²) in [6.07, 6.45) is 5.43. The smallest absolute Gasteiger partial charge is 0.0931 e. The highest BCUT2D eigenvalue weighted by Crippen LogP contribution is 2.39. The van der Waals surface area contributed by atoms with Crippen molar-refractivity contribution in [1.82, 2.24) is 5.43 Å². The van der Waals surface area contributed by atoms with E-state index in [1.165, 1.54) is 11.3 Å². The first-order valence-corrected chi connectivity index (χ1v) is 7.12. The van der Waals surface area contributed by atoms with Crippen molar-refractivity contribution in [3.05, 3.63) is 21.3 Å². The first-order valence-electron chi connectivity index (χ1n) is 5.93. The predicted molar refractivity (Wildman–Crippen MR) is 72.4 cm³/mol. The van der Waals surface area contributed by atoms with Gasteiger partial charge < -0.3 is 4.74 Å². The first-order chi connectivity index (χ1) is 8.17. The molecule has 1 aliphatic carbocycles. The summed E-state index contributed by atoms with van der Waals surface area (Å²) in [5.74, 6) is 5.63. The highest BCUT2D eigenvalue weighted by molar-refractivity contribution is 7.16. The molecule has 0 aromatic carbocycles. The minimum absolute atomic E-state index is 0.0537. The second-order valence-electron chi connectivity index (χ2n) is 4.72. The van der Waals surface area contributed by atoms with Crippen molar-refractivity contribution < 1.29 is 4.74 Å². The molecule has 5 heteroatoms. The summed E-state index contributed by atoms with van der Waals surface area (Å²) in [7, 11) is 1.80. The molecule has 0 aliphatic heterocycles. The van der Waals surface area contributed by atoms with Gasteiger partial charge in [0.2, 0.25) is 0 Å². The molecule has 1 saturated carbocycles. The maximum atomic E-state index is 5.93. The van der Waals surface area contributed by atoms with Gasteiger partial charge >= 0.3 is 0 Å². The zero-order valence-electron chi connectivity index (χ0n) is 10.0. The van der Waals surface area contributed by atoms with Gasteiger partial charge in [0.05, 0.1) is 9.94 Å². The van der Waals surface area contributed by atoms with Gasteiger partial charge in [0.1, 0.15) is 0 Å². The van der Waals surface area contributed by atoms with Crippen LogP contribution in [0.4, 0.5) is 0 Å². The van der Waals surface area contributed by atoms with Crippen molar-refractivity contribution in [2.45, 2.75) is 43.7 Å². The van der Waals surface area contributed by atoms with E-state index in [1.54, 1.807) is 18.4 Å². The molecule has 0 radical (unpaired) electrons. The summed E-state index contributed by atoms with van der Waals surface area (Å²) in [4.78, 5) is 1.27. The van der Waals surface area contributed by atoms with E-state index in [0.717, 1.165) is 30.0 Å². The number of hydrazine groups is 1. The molecule has 96 valence electrons. The third-order valence-corrected chi connectivity index (χ3v) is 4.88. The van der Waals surface area contributed by atoms with Crippen molar-refractivity contribution in [3.63, 3.8) is 0 Å². The van der Waals surface area contributed by atoms with Gasteiger partial charge in [0.15, 0.2) is 0 Å². The Morgan fingerprint density at radius 1 is 1.59 bits per heavy atom. The van der Waals surface area contributed by atoms with E-state index in [0.29, 0.717) is 0 Å². The number of nitrogens with one attached hydrogen (secondary N) is 1. The molecule has 1 fully saturated rings. The molecule has 1 aliphatic rings. The fourth-order valence-corrected chi connectivity index (χ4v) is 3.57. The lowest BCUT2D eigenvalue weighted by Gasteiger charge is -2.42. The lowest BCUT2D eigenvalue weighted by Crippen LogP contribution is -2.48. The van der Waals surface area contributed by atoms with Gasteiger partial charge in [-0.1, -0.05) is 11.6 Å². The number of methoxy groups -OCH3 is 1. The minimum atomic E-state index is 0.0537. The topological polar surface area (TPSA) is 47.3 Å². The van der Waals surface area contributed by atoms with Crippen molar-refractivity contribution in [2.75, 3.05) is 7.11 Å². The van der Waals surface area contributed by atoms with Crippen LogP contribution in [0.5, 0.6) is 0 Å². The van der Waals surface area contributed by atoms with Gasteiger partial charge in [-0.15, -0.1) is 11.3 Å². The van der Waals surface area contributed by atoms with Gasteiger partial charge in [0, 0.05) is 18.0 Å². The van der Waals surface area contributed by atoms with E-state index in [1.807, 2.05) is 6.07 Å². The van der Waals surface area contributed by atoms with Crippen molar-refractivity contribution in [3.8, 4) is 0 Å². The number of thiophene rings is 1. The summed E-state index contributed by atoms with van der Waals surface area (Å²) in [6, 6.07) is 4.26. The molecule has 0 spiro atoms. The van der Waals surface area contributed by atoms with E-state index in [4.69, 9.17) is 22.2 Å². The summed E-state index contributed by atoms with van der Waals surface area (Å²) in [6.45, 7) is 0. The van der Waals surface area contributed by atoms with Gasteiger partial charge in [-0.25, -0.2) is 0 Å². The highest BCUT2D eigenvalue weighted by atomic mass is 35.5. The molecular weight excluding hydrogens is 256 g/mol. The Kier molecular flexibility index (Phi) is 4.44. The van der Waals surface area contributed by atoms with Crippen LogP contribution in [0.1, 0.15) is 30.6 Å². The molecule has 17 heavy (non-hydrogen) atoms. The summed E-state index contributed by atoms with van der Waals surface area (Å²) < 4.78 is 6.46. The van der Waals surface area contributed by atoms with Crippen molar-refractivity contribution in [1.29, 1.82) is 0 Å². The molecule has 0 saturated heterocycles. The maximum Gasteiger partial charge on any atom is 0.0931 e. The Morgan fingerprint density at radius 2 is 2.35 bits per heavy atom. The second-order valence-corrected chi connectivity index (χ2v) is 6.52. The SMILES string of the molecule is COC1(CC(Cc2ccc(Cl)s2)NN)CCC1. The van der Waals surface area contributed by atoms with E-state index >= 15 is 0 Å². The van der Waals surface area contributed by atoms with E-state index in [-0.39, 0.29) is 11.6 Å².